The van der Waals surface area contributed by atoms with Crippen molar-refractivity contribution in [2.75, 3.05) is 6.61 Å². The molecule has 0 amide bonds. The Labute approximate surface area is 109 Å². The number of nitrogens with zero attached hydrogens (tertiary/aromatic N) is 1. The Balaban J connectivity index is 3.18. The van der Waals surface area contributed by atoms with Gasteiger partial charge in [-0.25, -0.2) is 13.1 Å². The molecule has 1 aromatic carbocycles. The van der Waals surface area contributed by atoms with E-state index in [4.69, 9.17) is 16.7 Å². The highest BCUT2D eigenvalue weighted by Crippen LogP contribution is 2.26. The van der Waals surface area contributed by atoms with Gasteiger partial charge in [-0.05, 0) is 19.1 Å². The van der Waals surface area contributed by atoms with Gasteiger partial charge in [-0.2, -0.15) is 0 Å². The minimum Gasteiger partial charge on any atom is -0.395 e. The summed E-state index contributed by atoms with van der Waals surface area (Å²) >= 11 is 5.58. The molecule has 0 saturated carbocycles. The van der Waals surface area contributed by atoms with Crippen LogP contribution in [-0.2, 0) is 10.0 Å². The zero-order chi connectivity index (χ0) is 13.9. The normalized spacial score (nSPS) is 13.3. The largest absolute Gasteiger partial charge is 0.395 e. The van der Waals surface area contributed by atoms with E-state index in [-0.39, 0.29) is 16.5 Å². The predicted molar refractivity (Wildman–Crippen MR) is 65.0 cm³/mol. The standard InChI is InChI=1S/C9H11ClN2O5S/c1-6(5-13)11-18(16,17)7-2-3-8(10)9(4-7)12(14)15/h2-4,6,11,13H,5H2,1H3/t6-/m0/s1. The number of rotatable bonds is 5. The minimum absolute atomic E-state index is 0.144. The van der Waals surface area contributed by atoms with E-state index in [1.165, 1.54) is 6.92 Å². The fourth-order valence-corrected chi connectivity index (χ4v) is 2.61. The van der Waals surface area contributed by atoms with Gasteiger partial charge in [0.05, 0.1) is 16.4 Å². The smallest absolute Gasteiger partial charge is 0.289 e. The summed E-state index contributed by atoms with van der Waals surface area (Å²) in [4.78, 5) is 9.60. The van der Waals surface area contributed by atoms with Crippen molar-refractivity contribution in [3.05, 3.63) is 33.3 Å². The summed E-state index contributed by atoms with van der Waals surface area (Å²) in [6, 6.07) is 2.47. The Morgan fingerprint density at radius 1 is 1.56 bits per heavy atom. The fourth-order valence-electron chi connectivity index (χ4n) is 1.17. The van der Waals surface area contributed by atoms with E-state index in [1.807, 2.05) is 0 Å². The number of nitrogens with one attached hydrogen (secondary N) is 1. The average molecular weight is 295 g/mol. The van der Waals surface area contributed by atoms with Crippen molar-refractivity contribution in [1.29, 1.82) is 0 Å². The van der Waals surface area contributed by atoms with Crippen LogP contribution in [0.15, 0.2) is 23.1 Å². The Morgan fingerprint density at radius 3 is 2.67 bits per heavy atom. The maximum atomic E-state index is 11.8. The molecule has 0 aliphatic heterocycles. The van der Waals surface area contributed by atoms with Crippen molar-refractivity contribution in [3.63, 3.8) is 0 Å². The summed E-state index contributed by atoms with van der Waals surface area (Å²) in [6.07, 6.45) is 0. The Bertz CT molecular complexity index is 560. The fraction of sp³-hybridized carbons (Fsp3) is 0.333. The van der Waals surface area contributed by atoms with Crippen LogP contribution in [-0.4, -0.2) is 31.1 Å². The molecule has 0 aliphatic rings. The van der Waals surface area contributed by atoms with Crippen LogP contribution >= 0.6 is 11.6 Å². The lowest BCUT2D eigenvalue weighted by molar-refractivity contribution is -0.384. The molecule has 0 radical (unpaired) electrons. The lowest BCUT2D eigenvalue weighted by Gasteiger charge is -2.11. The van der Waals surface area contributed by atoms with Crippen LogP contribution < -0.4 is 4.72 Å². The highest BCUT2D eigenvalue weighted by Gasteiger charge is 2.21. The molecule has 0 aromatic heterocycles. The van der Waals surface area contributed by atoms with Gasteiger partial charge >= 0.3 is 0 Å². The van der Waals surface area contributed by atoms with Crippen LogP contribution in [0.3, 0.4) is 0 Å². The monoisotopic (exact) mass is 294 g/mol. The van der Waals surface area contributed by atoms with E-state index >= 15 is 0 Å². The number of sulfonamides is 1. The minimum atomic E-state index is -3.92. The zero-order valence-electron chi connectivity index (χ0n) is 9.33. The van der Waals surface area contributed by atoms with Crippen molar-refractivity contribution in [2.24, 2.45) is 0 Å². The van der Waals surface area contributed by atoms with Crippen LogP contribution in [0.1, 0.15) is 6.92 Å². The van der Waals surface area contributed by atoms with Crippen LogP contribution in [0.5, 0.6) is 0 Å². The molecule has 0 saturated heterocycles. The summed E-state index contributed by atoms with van der Waals surface area (Å²) in [5.41, 5.74) is -0.490. The quantitative estimate of drug-likeness (QED) is 0.619. The number of aliphatic hydroxyl groups excluding tert-OH is 1. The first-order valence-electron chi connectivity index (χ1n) is 4.85. The molecule has 0 aliphatic carbocycles. The number of benzene rings is 1. The third-order valence-corrected chi connectivity index (χ3v) is 3.96. The zero-order valence-corrected chi connectivity index (χ0v) is 10.9. The van der Waals surface area contributed by atoms with Gasteiger partial charge in [-0.15, -0.1) is 0 Å². The molecule has 1 rings (SSSR count). The maximum absolute atomic E-state index is 11.8. The third-order valence-electron chi connectivity index (χ3n) is 2.05. The summed E-state index contributed by atoms with van der Waals surface area (Å²) in [6.45, 7) is 1.08. The van der Waals surface area contributed by atoms with Gasteiger partial charge in [0, 0.05) is 12.1 Å². The third kappa shape index (κ3) is 3.39. The molecule has 18 heavy (non-hydrogen) atoms. The SMILES string of the molecule is C[C@@H](CO)NS(=O)(=O)c1ccc(Cl)c([N+](=O)[O-])c1. The van der Waals surface area contributed by atoms with Crippen LogP contribution in [0.25, 0.3) is 0 Å². The second kappa shape index (κ2) is 5.61. The number of hydrogen-bond donors (Lipinski definition) is 2. The first kappa shape index (κ1) is 14.8. The van der Waals surface area contributed by atoms with Gasteiger partial charge in [-0.3, -0.25) is 10.1 Å². The van der Waals surface area contributed by atoms with Gasteiger partial charge < -0.3 is 5.11 Å². The van der Waals surface area contributed by atoms with Gasteiger partial charge in [0.15, 0.2) is 0 Å². The van der Waals surface area contributed by atoms with E-state index in [0.29, 0.717) is 0 Å². The van der Waals surface area contributed by atoms with E-state index in [9.17, 15) is 18.5 Å². The topological polar surface area (TPSA) is 110 Å². The van der Waals surface area contributed by atoms with Crippen molar-refractivity contribution < 1.29 is 18.4 Å². The van der Waals surface area contributed by atoms with Gasteiger partial charge in [0.25, 0.3) is 5.69 Å². The van der Waals surface area contributed by atoms with E-state index < -0.39 is 26.7 Å². The Morgan fingerprint density at radius 2 is 2.17 bits per heavy atom. The molecule has 7 nitrogen and oxygen atoms in total. The van der Waals surface area contributed by atoms with Gasteiger partial charge in [0.2, 0.25) is 10.0 Å². The highest BCUT2D eigenvalue weighted by molar-refractivity contribution is 7.89. The molecule has 0 bridgehead atoms. The van der Waals surface area contributed by atoms with Crippen molar-refractivity contribution >= 4 is 27.3 Å². The van der Waals surface area contributed by atoms with E-state index in [1.54, 1.807) is 0 Å². The first-order valence-corrected chi connectivity index (χ1v) is 6.71. The molecule has 100 valence electrons. The van der Waals surface area contributed by atoms with Crippen molar-refractivity contribution in [1.82, 2.24) is 4.72 Å². The van der Waals surface area contributed by atoms with Crippen LogP contribution in [0.2, 0.25) is 5.02 Å². The van der Waals surface area contributed by atoms with Crippen LogP contribution in [0.4, 0.5) is 5.69 Å². The molecule has 0 heterocycles. The molecule has 0 unspecified atom stereocenters. The molecule has 0 spiro atoms. The number of nitro benzene ring substituents is 1. The maximum Gasteiger partial charge on any atom is 0.289 e. The Kier molecular flexibility index (Phi) is 4.63. The lowest BCUT2D eigenvalue weighted by atomic mass is 10.3. The molecule has 0 fully saturated rings. The molecule has 1 aromatic rings. The average Bonchev–Trinajstić information content (AvgIpc) is 2.28. The number of hydrogen-bond acceptors (Lipinski definition) is 5. The highest BCUT2D eigenvalue weighted by atomic mass is 35.5. The number of nitro groups is 1. The number of halogens is 1. The Hall–Kier alpha value is -1.22. The van der Waals surface area contributed by atoms with Crippen molar-refractivity contribution in [2.45, 2.75) is 17.9 Å². The number of aliphatic hydroxyl groups is 1. The first-order chi connectivity index (χ1) is 8.27. The summed E-state index contributed by atoms with van der Waals surface area (Å²) in [5.74, 6) is 0. The molecule has 1 atom stereocenters. The van der Waals surface area contributed by atoms with Crippen molar-refractivity contribution in [3.8, 4) is 0 Å². The summed E-state index contributed by atoms with van der Waals surface area (Å²) in [5, 5.41) is 19.3. The summed E-state index contributed by atoms with van der Waals surface area (Å²) in [7, 11) is -3.92. The second-order valence-electron chi connectivity index (χ2n) is 3.58. The molecule has 9 heteroatoms. The molecular weight excluding hydrogens is 284 g/mol. The van der Waals surface area contributed by atoms with Crippen LogP contribution in [0, 0.1) is 10.1 Å². The second-order valence-corrected chi connectivity index (χ2v) is 5.70. The summed E-state index contributed by atoms with van der Waals surface area (Å²) < 4.78 is 25.8. The predicted octanol–water partition coefficient (Wildman–Crippen LogP) is 0.907. The van der Waals surface area contributed by atoms with E-state index in [0.717, 1.165) is 18.2 Å². The van der Waals surface area contributed by atoms with E-state index in [2.05, 4.69) is 4.72 Å². The van der Waals surface area contributed by atoms with Gasteiger partial charge in [-0.1, -0.05) is 11.6 Å². The molecule has 2 N–H and O–H groups in total. The molecular formula is C9H11ClN2O5S. The lowest BCUT2D eigenvalue weighted by Crippen LogP contribution is -2.35. The van der Waals surface area contributed by atoms with Gasteiger partial charge in [0.1, 0.15) is 5.02 Å².